The fraction of sp³-hybridized carbons (Fsp3) is 0.167. The number of rotatable bonds is 6. The van der Waals surface area contributed by atoms with E-state index in [1.165, 1.54) is 0 Å². The van der Waals surface area contributed by atoms with Gasteiger partial charge in [-0.05, 0) is 39.0 Å². The van der Waals surface area contributed by atoms with Crippen molar-refractivity contribution in [3.05, 3.63) is 71.2 Å². The predicted molar refractivity (Wildman–Crippen MR) is 125 cm³/mol. The topological polar surface area (TPSA) is 125 Å². The highest BCUT2D eigenvalue weighted by Crippen LogP contribution is 2.32. The smallest absolute Gasteiger partial charge is 0.337 e. The SMILES string of the molecule is COc1cc([OH2+])cc(-c2cc(Nc3ccc(C)cc3C(=O)O)n(-c3nc(C)cnc3C)n2)c1. The van der Waals surface area contributed by atoms with E-state index in [0.29, 0.717) is 40.0 Å². The van der Waals surface area contributed by atoms with Crippen LogP contribution in [-0.2, 0) is 0 Å². The quantitative estimate of drug-likeness (QED) is 0.426. The molecule has 4 aromatic rings. The maximum atomic E-state index is 11.8. The number of aromatic nitrogens is 4. The molecule has 2 heterocycles. The van der Waals surface area contributed by atoms with Gasteiger partial charge in [-0.3, -0.25) is 4.98 Å². The summed E-state index contributed by atoms with van der Waals surface area (Å²) < 4.78 is 6.90. The zero-order chi connectivity index (χ0) is 23.7. The summed E-state index contributed by atoms with van der Waals surface area (Å²) in [7, 11) is 1.54. The summed E-state index contributed by atoms with van der Waals surface area (Å²) >= 11 is 0. The van der Waals surface area contributed by atoms with Gasteiger partial charge in [-0.2, -0.15) is 9.78 Å². The van der Waals surface area contributed by atoms with E-state index in [0.717, 1.165) is 11.3 Å². The van der Waals surface area contributed by atoms with Crippen molar-refractivity contribution in [2.24, 2.45) is 0 Å². The van der Waals surface area contributed by atoms with Gasteiger partial charge < -0.3 is 20.3 Å². The Hall–Kier alpha value is -4.40. The summed E-state index contributed by atoms with van der Waals surface area (Å²) in [6, 6.07) is 12.0. The average molecular weight is 446 g/mol. The van der Waals surface area contributed by atoms with Crippen LogP contribution in [0.1, 0.15) is 27.3 Å². The molecule has 4 N–H and O–H groups in total. The van der Waals surface area contributed by atoms with Crippen molar-refractivity contribution in [1.82, 2.24) is 19.7 Å². The van der Waals surface area contributed by atoms with E-state index in [1.807, 2.05) is 26.8 Å². The first-order valence-corrected chi connectivity index (χ1v) is 10.2. The van der Waals surface area contributed by atoms with Crippen molar-refractivity contribution in [2.45, 2.75) is 20.8 Å². The van der Waals surface area contributed by atoms with Crippen LogP contribution in [0.15, 0.2) is 48.7 Å². The molecule has 0 aliphatic heterocycles. The van der Waals surface area contributed by atoms with E-state index in [9.17, 15) is 9.90 Å². The number of hydrogen-bond donors (Lipinski definition) is 2. The molecule has 0 saturated carbocycles. The fourth-order valence-electron chi connectivity index (χ4n) is 3.44. The summed E-state index contributed by atoms with van der Waals surface area (Å²) in [5.41, 5.74) is 4.03. The van der Waals surface area contributed by atoms with Crippen LogP contribution < -0.4 is 10.1 Å². The van der Waals surface area contributed by atoms with E-state index >= 15 is 0 Å². The molecule has 2 aromatic heterocycles. The molecule has 33 heavy (non-hydrogen) atoms. The van der Waals surface area contributed by atoms with Crippen molar-refractivity contribution in [1.29, 1.82) is 0 Å². The second-order valence-electron chi connectivity index (χ2n) is 7.68. The van der Waals surface area contributed by atoms with Gasteiger partial charge >= 0.3 is 5.97 Å². The van der Waals surface area contributed by atoms with Gasteiger partial charge in [0.1, 0.15) is 11.6 Å². The molecule has 168 valence electrons. The molecule has 0 radical (unpaired) electrons. The van der Waals surface area contributed by atoms with Crippen molar-refractivity contribution in [3.8, 4) is 28.6 Å². The number of aryl methyl sites for hydroxylation is 3. The van der Waals surface area contributed by atoms with Crippen LogP contribution in [0.25, 0.3) is 17.1 Å². The first-order valence-electron chi connectivity index (χ1n) is 10.2. The molecular weight excluding hydrogens is 422 g/mol. The standard InChI is InChI=1S/C24H23N5O4/c1-13-5-6-20(19(7-13)24(31)32)27-22-11-21(16-8-17(30)10-18(9-16)33-4)28-29(22)23-15(3)25-12-14(2)26-23/h5-12,27,30H,1-4H3,(H,31,32)/p+1. The van der Waals surface area contributed by atoms with Crippen LogP contribution in [0.5, 0.6) is 11.5 Å². The highest BCUT2D eigenvalue weighted by Gasteiger charge is 2.19. The van der Waals surface area contributed by atoms with Crippen molar-refractivity contribution in [2.75, 3.05) is 12.4 Å². The molecule has 0 bridgehead atoms. The molecule has 9 nitrogen and oxygen atoms in total. The van der Waals surface area contributed by atoms with Gasteiger partial charge in [0.25, 0.3) is 5.75 Å². The predicted octanol–water partition coefficient (Wildman–Crippen LogP) is 4.14. The summed E-state index contributed by atoms with van der Waals surface area (Å²) in [6.45, 7) is 5.50. The maximum absolute atomic E-state index is 11.8. The van der Waals surface area contributed by atoms with Gasteiger partial charge in [0.05, 0.1) is 41.5 Å². The summed E-state index contributed by atoms with van der Waals surface area (Å²) in [6.07, 6.45) is 1.67. The minimum absolute atomic E-state index is 0.145. The van der Waals surface area contributed by atoms with E-state index in [2.05, 4.69) is 15.3 Å². The van der Waals surface area contributed by atoms with E-state index in [1.54, 1.807) is 54.4 Å². The molecular formula is C24H24N5O4+. The van der Waals surface area contributed by atoms with Crippen LogP contribution in [0.3, 0.4) is 0 Å². The van der Waals surface area contributed by atoms with Gasteiger partial charge in [0.15, 0.2) is 5.82 Å². The molecule has 0 amide bonds. The maximum Gasteiger partial charge on any atom is 0.337 e. The lowest BCUT2D eigenvalue weighted by molar-refractivity contribution is 0.0698. The highest BCUT2D eigenvalue weighted by atomic mass is 16.5. The van der Waals surface area contributed by atoms with Gasteiger partial charge in [0.2, 0.25) is 0 Å². The Balaban J connectivity index is 1.90. The number of benzene rings is 2. The second-order valence-corrected chi connectivity index (χ2v) is 7.68. The number of ether oxygens (including phenoxy) is 1. The average Bonchev–Trinajstić information content (AvgIpc) is 3.19. The zero-order valence-electron chi connectivity index (χ0n) is 18.7. The van der Waals surface area contributed by atoms with Gasteiger partial charge in [0, 0.05) is 23.9 Å². The van der Waals surface area contributed by atoms with Crippen LogP contribution in [-0.4, -0.2) is 43.0 Å². The molecule has 0 unspecified atom stereocenters. The van der Waals surface area contributed by atoms with Gasteiger partial charge in [-0.15, -0.1) is 0 Å². The molecule has 0 aliphatic rings. The summed E-state index contributed by atoms with van der Waals surface area (Å²) in [5.74, 6) is 0.813. The Kier molecular flexibility index (Phi) is 5.70. The monoisotopic (exact) mass is 446 g/mol. The first kappa shape index (κ1) is 21.8. The number of methoxy groups -OCH3 is 1. The number of anilines is 2. The largest absolute Gasteiger partial charge is 0.593 e. The van der Waals surface area contributed by atoms with Crippen molar-refractivity contribution < 1.29 is 19.7 Å². The Labute approximate surface area is 190 Å². The van der Waals surface area contributed by atoms with E-state index in [4.69, 9.17) is 14.9 Å². The summed E-state index contributed by atoms with van der Waals surface area (Å²) in [4.78, 5) is 20.8. The number of hydrogen-bond acceptors (Lipinski definition) is 6. The molecule has 2 aromatic carbocycles. The minimum Gasteiger partial charge on any atom is -0.593 e. The molecule has 0 fully saturated rings. The molecule has 0 spiro atoms. The third-order valence-corrected chi connectivity index (χ3v) is 5.07. The summed E-state index contributed by atoms with van der Waals surface area (Å²) in [5, 5.41) is 25.7. The number of nitrogens with zero attached hydrogens (tertiary/aromatic N) is 4. The molecule has 0 aliphatic carbocycles. The van der Waals surface area contributed by atoms with Crippen LogP contribution in [0, 0.1) is 20.8 Å². The Morgan fingerprint density at radius 1 is 1.12 bits per heavy atom. The number of nitrogens with one attached hydrogen (secondary N) is 1. The van der Waals surface area contributed by atoms with E-state index < -0.39 is 5.97 Å². The third-order valence-electron chi connectivity index (χ3n) is 5.07. The first-order chi connectivity index (χ1) is 15.7. The molecule has 0 atom stereocenters. The Morgan fingerprint density at radius 2 is 1.91 bits per heavy atom. The Morgan fingerprint density at radius 3 is 2.64 bits per heavy atom. The van der Waals surface area contributed by atoms with Crippen LogP contribution in [0.2, 0.25) is 0 Å². The van der Waals surface area contributed by atoms with Crippen LogP contribution >= 0.6 is 0 Å². The number of carboxylic acid groups (broad SMARTS) is 1. The number of aromatic carboxylic acids is 1. The lowest BCUT2D eigenvalue weighted by Gasteiger charge is -2.13. The van der Waals surface area contributed by atoms with Gasteiger partial charge in [-0.1, -0.05) is 11.6 Å². The molecule has 4 rings (SSSR count). The molecule has 9 heteroatoms. The molecule has 0 saturated heterocycles. The fourth-order valence-corrected chi connectivity index (χ4v) is 3.44. The lowest BCUT2D eigenvalue weighted by atomic mass is 10.1. The van der Waals surface area contributed by atoms with E-state index in [-0.39, 0.29) is 11.3 Å². The van der Waals surface area contributed by atoms with Gasteiger partial charge in [-0.25, -0.2) is 9.78 Å². The lowest BCUT2D eigenvalue weighted by Crippen LogP contribution is -2.10. The number of carboxylic acids is 1. The second kappa shape index (κ2) is 8.62. The Bertz CT molecular complexity index is 1360. The van der Waals surface area contributed by atoms with Crippen molar-refractivity contribution >= 4 is 17.5 Å². The number of carbonyl (C=O) groups is 1. The van der Waals surface area contributed by atoms with Crippen molar-refractivity contribution in [3.63, 3.8) is 0 Å². The van der Waals surface area contributed by atoms with Crippen LogP contribution in [0.4, 0.5) is 11.5 Å². The minimum atomic E-state index is -1.04. The highest BCUT2D eigenvalue weighted by molar-refractivity contribution is 5.95. The zero-order valence-corrected chi connectivity index (χ0v) is 18.7. The third kappa shape index (κ3) is 4.47. The normalized spacial score (nSPS) is 10.8.